The second-order valence-electron chi connectivity index (χ2n) is 3.55. The van der Waals surface area contributed by atoms with Gasteiger partial charge in [-0.05, 0) is 5.56 Å². The van der Waals surface area contributed by atoms with Gasteiger partial charge < -0.3 is 20.2 Å². The molecule has 0 saturated carbocycles. The third-order valence-electron chi connectivity index (χ3n) is 2.29. The van der Waals surface area contributed by atoms with Crippen molar-refractivity contribution < 1.29 is 9.52 Å². The fourth-order valence-electron chi connectivity index (χ4n) is 1.52. The number of hydrogen-bond acceptors (Lipinski definition) is 6. The van der Waals surface area contributed by atoms with Crippen LogP contribution in [0.5, 0.6) is 0 Å². The monoisotopic (exact) mass is 234 g/mol. The van der Waals surface area contributed by atoms with E-state index >= 15 is 0 Å². The van der Waals surface area contributed by atoms with Gasteiger partial charge in [0.1, 0.15) is 0 Å². The normalized spacial score (nSPS) is 10.4. The highest BCUT2D eigenvalue weighted by Gasteiger charge is 2.13. The number of aliphatic hydroxyl groups excluding tert-OH is 1. The minimum absolute atomic E-state index is 0.00905. The van der Waals surface area contributed by atoms with Crippen molar-refractivity contribution in [2.45, 2.75) is 6.54 Å². The van der Waals surface area contributed by atoms with Crippen LogP contribution >= 0.6 is 0 Å². The van der Waals surface area contributed by atoms with Crippen LogP contribution in [0.15, 0.2) is 34.7 Å². The summed E-state index contributed by atoms with van der Waals surface area (Å²) in [5, 5.41) is 16.4. The van der Waals surface area contributed by atoms with E-state index in [0.717, 1.165) is 5.56 Å². The van der Waals surface area contributed by atoms with E-state index in [9.17, 15) is 0 Å². The molecule has 0 amide bonds. The summed E-state index contributed by atoms with van der Waals surface area (Å²) in [6.07, 6.45) is 0. The van der Waals surface area contributed by atoms with E-state index in [1.807, 2.05) is 30.3 Å². The molecule has 0 bridgehead atoms. The zero-order valence-electron chi connectivity index (χ0n) is 9.28. The summed E-state index contributed by atoms with van der Waals surface area (Å²) in [5.74, 6) is 0. The van der Waals surface area contributed by atoms with Crippen LogP contribution in [-0.4, -0.2) is 28.5 Å². The van der Waals surface area contributed by atoms with Gasteiger partial charge in [-0.25, -0.2) is 0 Å². The number of nitrogens with zero attached hydrogens (tertiary/aromatic N) is 3. The minimum Gasteiger partial charge on any atom is -0.395 e. The molecule has 0 spiro atoms. The molecule has 2 rings (SSSR count). The van der Waals surface area contributed by atoms with Crippen molar-refractivity contribution in [2.24, 2.45) is 0 Å². The maximum Gasteiger partial charge on any atom is 0.319 e. The first-order valence-electron chi connectivity index (χ1n) is 5.28. The molecule has 0 aliphatic carbocycles. The molecule has 0 fully saturated rings. The molecule has 2 aromatic rings. The number of nitrogens with two attached hydrogens (primary N) is 1. The first-order chi connectivity index (χ1) is 8.29. The van der Waals surface area contributed by atoms with Gasteiger partial charge in [-0.15, -0.1) is 0 Å². The Morgan fingerprint density at radius 1 is 1.24 bits per heavy atom. The topological polar surface area (TPSA) is 88.4 Å². The molecule has 6 heteroatoms. The molecule has 3 N–H and O–H groups in total. The molecule has 0 aliphatic rings. The molecule has 0 aliphatic heterocycles. The molecule has 0 unspecified atom stereocenters. The van der Waals surface area contributed by atoms with Gasteiger partial charge in [0.2, 0.25) is 0 Å². The largest absolute Gasteiger partial charge is 0.395 e. The third-order valence-corrected chi connectivity index (χ3v) is 2.29. The van der Waals surface area contributed by atoms with E-state index in [1.54, 1.807) is 4.90 Å². The van der Waals surface area contributed by atoms with Gasteiger partial charge in [-0.2, -0.15) is 0 Å². The summed E-state index contributed by atoms with van der Waals surface area (Å²) >= 11 is 0. The number of hydrogen-bond donors (Lipinski definition) is 2. The fraction of sp³-hybridized carbons (Fsp3) is 0.273. The van der Waals surface area contributed by atoms with Gasteiger partial charge in [-0.1, -0.05) is 40.5 Å². The van der Waals surface area contributed by atoms with Crippen molar-refractivity contribution in [3.8, 4) is 0 Å². The second-order valence-corrected chi connectivity index (χ2v) is 3.55. The average molecular weight is 234 g/mol. The number of aliphatic hydroxyl groups is 1. The predicted molar refractivity (Wildman–Crippen MR) is 63.3 cm³/mol. The van der Waals surface area contributed by atoms with E-state index in [4.69, 9.17) is 15.3 Å². The van der Waals surface area contributed by atoms with E-state index < -0.39 is 0 Å². The summed E-state index contributed by atoms with van der Waals surface area (Å²) in [7, 11) is 0. The number of anilines is 2. The first kappa shape index (κ1) is 11.4. The van der Waals surface area contributed by atoms with E-state index in [1.165, 1.54) is 0 Å². The van der Waals surface area contributed by atoms with Gasteiger partial charge in [0, 0.05) is 13.1 Å². The highest BCUT2D eigenvalue weighted by Crippen LogP contribution is 2.15. The van der Waals surface area contributed by atoms with Crippen LogP contribution in [0.2, 0.25) is 0 Å². The Kier molecular flexibility index (Phi) is 3.56. The van der Waals surface area contributed by atoms with Crippen LogP contribution in [0.3, 0.4) is 0 Å². The van der Waals surface area contributed by atoms with Crippen LogP contribution < -0.4 is 10.6 Å². The predicted octanol–water partition coefficient (Wildman–Crippen LogP) is 0.651. The minimum atomic E-state index is 0.00905. The van der Waals surface area contributed by atoms with Gasteiger partial charge in [0.15, 0.2) is 0 Å². The van der Waals surface area contributed by atoms with Crippen molar-refractivity contribution in [1.29, 1.82) is 0 Å². The molecule has 1 aromatic heterocycles. The first-order valence-corrected chi connectivity index (χ1v) is 5.28. The summed E-state index contributed by atoms with van der Waals surface area (Å²) < 4.78 is 5.14. The summed E-state index contributed by atoms with van der Waals surface area (Å²) in [6.45, 7) is 1.01. The van der Waals surface area contributed by atoms with Crippen molar-refractivity contribution in [2.75, 3.05) is 23.8 Å². The van der Waals surface area contributed by atoms with Crippen LogP contribution in [0.1, 0.15) is 5.56 Å². The summed E-state index contributed by atoms with van der Waals surface area (Å²) in [6, 6.07) is 10.2. The highest BCUT2D eigenvalue weighted by atomic mass is 16.4. The Morgan fingerprint density at radius 2 is 2.00 bits per heavy atom. The third kappa shape index (κ3) is 2.94. The van der Waals surface area contributed by atoms with E-state index in [0.29, 0.717) is 19.1 Å². The van der Waals surface area contributed by atoms with Crippen LogP contribution in [-0.2, 0) is 6.54 Å². The van der Waals surface area contributed by atoms with Gasteiger partial charge in [-0.3, -0.25) is 0 Å². The van der Waals surface area contributed by atoms with Crippen LogP contribution in [0.4, 0.5) is 12.0 Å². The lowest BCUT2D eigenvalue weighted by molar-refractivity contribution is 0.298. The second kappa shape index (κ2) is 5.31. The molecule has 1 heterocycles. The quantitative estimate of drug-likeness (QED) is 0.789. The molecule has 0 saturated heterocycles. The Hall–Kier alpha value is -2.08. The number of nitrogen functional groups attached to an aromatic ring is 1. The summed E-state index contributed by atoms with van der Waals surface area (Å²) in [5.41, 5.74) is 6.47. The standard InChI is InChI=1S/C11H14N4O2/c12-10-13-14-11(17-10)15(6-7-16)8-9-4-2-1-3-5-9/h1-5,16H,6-8H2,(H2,12,13). The van der Waals surface area contributed by atoms with Crippen molar-refractivity contribution >= 4 is 12.0 Å². The Bertz CT molecular complexity index is 458. The van der Waals surface area contributed by atoms with E-state index in [2.05, 4.69) is 10.2 Å². The van der Waals surface area contributed by atoms with Crippen molar-refractivity contribution in [3.05, 3.63) is 35.9 Å². The Labute approximate surface area is 98.7 Å². The van der Waals surface area contributed by atoms with Gasteiger partial charge in [0.25, 0.3) is 0 Å². The molecular formula is C11H14N4O2. The number of rotatable bonds is 5. The van der Waals surface area contributed by atoms with Crippen molar-refractivity contribution in [1.82, 2.24) is 10.2 Å². The van der Waals surface area contributed by atoms with E-state index in [-0.39, 0.29) is 12.6 Å². The number of benzene rings is 1. The van der Waals surface area contributed by atoms with Crippen LogP contribution in [0.25, 0.3) is 0 Å². The van der Waals surface area contributed by atoms with Gasteiger partial charge >= 0.3 is 12.0 Å². The highest BCUT2D eigenvalue weighted by molar-refractivity contribution is 5.30. The Morgan fingerprint density at radius 3 is 2.59 bits per heavy atom. The SMILES string of the molecule is Nc1nnc(N(CCO)Cc2ccccc2)o1. The molecule has 90 valence electrons. The zero-order chi connectivity index (χ0) is 12.1. The van der Waals surface area contributed by atoms with Gasteiger partial charge in [0.05, 0.1) is 6.61 Å². The van der Waals surface area contributed by atoms with Crippen LogP contribution in [0, 0.1) is 0 Å². The lowest BCUT2D eigenvalue weighted by Gasteiger charge is -2.18. The fourth-order valence-corrected chi connectivity index (χ4v) is 1.52. The molecule has 0 atom stereocenters. The maximum atomic E-state index is 9.02. The lowest BCUT2D eigenvalue weighted by Crippen LogP contribution is -2.26. The summed E-state index contributed by atoms with van der Waals surface area (Å²) in [4.78, 5) is 1.78. The Balaban J connectivity index is 2.13. The zero-order valence-corrected chi connectivity index (χ0v) is 9.28. The lowest BCUT2D eigenvalue weighted by atomic mass is 10.2. The molecule has 1 aromatic carbocycles. The molecule has 0 radical (unpaired) electrons. The van der Waals surface area contributed by atoms with Crippen molar-refractivity contribution in [3.63, 3.8) is 0 Å². The maximum absolute atomic E-state index is 9.02. The average Bonchev–Trinajstić information content (AvgIpc) is 2.77. The molecule has 6 nitrogen and oxygen atoms in total. The molecular weight excluding hydrogens is 220 g/mol. The number of aromatic nitrogens is 2. The molecule has 17 heavy (non-hydrogen) atoms. The smallest absolute Gasteiger partial charge is 0.319 e.